The highest BCUT2D eigenvalue weighted by Crippen LogP contribution is 2.19. The summed E-state index contributed by atoms with van der Waals surface area (Å²) < 4.78 is 5.36. The number of nitriles is 1. The topological polar surface area (TPSA) is 62.1 Å². The van der Waals surface area contributed by atoms with E-state index in [1.807, 2.05) is 6.07 Å². The van der Waals surface area contributed by atoms with E-state index in [2.05, 4.69) is 11.4 Å². The smallest absolute Gasteiger partial charge is 0.257 e. The van der Waals surface area contributed by atoms with Gasteiger partial charge in [-0.3, -0.25) is 4.79 Å². The van der Waals surface area contributed by atoms with Crippen molar-refractivity contribution in [2.45, 2.75) is 25.7 Å². The third-order valence-corrected chi connectivity index (χ3v) is 3.27. The van der Waals surface area contributed by atoms with Gasteiger partial charge in [-0.05, 0) is 37.8 Å². The summed E-state index contributed by atoms with van der Waals surface area (Å²) in [5.41, 5.74) is 1.87. The Morgan fingerprint density at radius 1 is 1.40 bits per heavy atom. The van der Waals surface area contributed by atoms with Crippen molar-refractivity contribution in [1.29, 1.82) is 5.26 Å². The number of amides is 1. The number of nitrogens with zero attached hydrogens (tertiary/aromatic N) is 1. The van der Waals surface area contributed by atoms with Crippen LogP contribution in [-0.2, 0) is 4.79 Å². The average molecular weight is 270 g/mol. The highest BCUT2D eigenvalue weighted by atomic mass is 16.5. The van der Waals surface area contributed by atoms with Gasteiger partial charge in [-0.25, -0.2) is 0 Å². The molecule has 1 N–H and O–H groups in total. The van der Waals surface area contributed by atoms with E-state index in [-0.39, 0.29) is 12.5 Å². The number of rotatable bonds is 6. The van der Waals surface area contributed by atoms with Gasteiger partial charge in [-0.15, -0.1) is 0 Å². The van der Waals surface area contributed by atoms with Crippen LogP contribution in [0.4, 0.5) is 0 Å². The quantitative estimate of drug-likeness (QED) is 0.808. The minimum atomic E-state index is -0.156. The maximum absolute atomic E-state index is 11.7. The van der Waals surface area contributed by atoms with Gasteiger partial charge in [0.25, 0.3) is 5.91 Å². The van der Waals surface area contributed by atoms with Crippen molar-refractivity contribution in [2.24, 2.45) is 0 Å². The molecule has 1 aromatic rings. The fourth-order valence-corrected chi connectivity index (χ4v) is 2.21. The molecule has 1 aliphatic rings. The molecule has 4 nitrogen and oxygen atoms in total. The molecular weight excluding hydrogens is 252 g/mol. The monoisotopic (exact) mass is 270 g/mol. The Kier molecular flexibility index (Phi) is 5.19. The van der Waals surface area contributed by atoms with Gasteiger partial charge in [-0.1, -0.05) is 23.8 Å². The van der Waals surface area contributed by atoms with Gasteiger partial charge in [0.2, 0.25) is 0 Å². The zero-order valence-corrected chi connectivity index (χ0v) is 11.4. The van der Waals surface area contributed by atoms with Crippen LogP contribution in [0.5, 0.6) is 5.75 Å². The van der Waals surface area contributed by atoms with E-state index >= 15 is 0 Å². The summed E-state index contributed by atoms with van der Waals surface area (Å²) in [7, 11) is 0. The van der Waals surface area contributed by atoms with E-state index in [0.717, 1.165) is 19.3 Å². The molecule has 1 aromatic carbocycles. The minimum Gasteiger partial charge on any atom is -0.482 e. The molecule has 0 radical (unpaired) electrons. The number of hydrogen-bond donors (Lipinski definition) is 1. The summed E-state index contributed by atoms with van der Waals surface area (Å²) in [6.07, 6.45) is 6.73. The molecular formula is C16H18N2O2. The van der Waals surface area contributed by atoms with Crippen molar-refractivity contribution in [1.82, 2.24) is 5.32 Å². The Morgan fingerprint density at radius 3 is 3.00 bits per heavy atom. The van der Waals surface area contributed by atoms with Crippen LogP contribution in [0.2, 0.25) is 0 Å². The van der Waals surface area contributed by atoms with Crippen molar-refractivity contribution in [3.8, 4) is 11.8 Å². The third-order valence-electron chi connectivity index (χ3n) is 3.27. The van der Waals surface area contributed by atoms with E-state index in [9.17, 15) is 4.79 Å². The van der Waals surface area contributed by atoms with Crippen LogP contribution in [0.25, 0.3) is 0 Å². The lowest BCUT2D eigenvalue weighted by atomic mass is 10.2. The number of carbonyl (C=O) groups excluding carboxylic acids is 1. The molecule has 0 aliphatic heterocycles. The molecule has 0 saturated carbocycles. The van der Waals surface area contributed by atoms with E-state index in [4.69, 9.17) is 10.00 Å². The lowest BCUT2D eigenvalue weighted by Gasteiger charge is -2.08. The van der Waals surface area contributed by atoms with Crippen molar-refractivity contribution >= 4 is 5.91 Å². The highest BCUT2D eigenvalue weighted by molar-refractivity contribution is 5.77. The van der Waals surface area contributed by atoms with Gasteiger partial charge in [0, 0.05) is 6.54 Å². The Bertz CT molecular complexity index is 544. The first-order valence-electron chi connectivity index (χ1n) is 6.86. The normalized spacial score (nSPS) is 13.4. The first-order chi connectivity index (χ1) is 9.79. The number of para-hydroxylation sites is 1. The Labute approximate surface area is 119 Å². The molecule has 0 atom stereocenters. The largest absolute Gasteiger partial charge is 0.482 e. The number of allylic oxidation sites excluding steroid dienone is 1. The molecule has 0 heterocycles. The third kappa shape index (κ3) is 4.13. The van der Waals surface area contributed by atoms with Crippen LogP contribution in [0.3, 0.4) is 0 Å². The second-order valence-electron chi connectivity index (χ2n) is 4.75. The Hall–Kier alpha value is -2.28. The molecule has 0 aromatic heterocycles. The van der Waals surface area contributed by atoms with Crippen LogP contribution < -0.4 is 10.1 Å². The predicted octanol–water partition coefficient (Wildman–Crippen LogP) is 2.55. The first-order valence-corrected chi connectivity index (χ1v) is 6.86. The van der Waals surface area contributed by atoms with E-state index in [1.54, 1.807) is 24.3 Å². The minimum absolute atomic E-state index is 0.0578. The van der Waals surface area contributed by atoms with E-state index < -0.39 is 0 Å². The molecule has 1 amide bonds. The lowest BCUT2D eigenvalue weighted by molar-refractivity contribution is -0.123. The van der Waals surface area contributed by atoms with Gasteiger partial charge < -0.3 is 10.1 Å². The highest BCUT2D eigenvalue weighted by Gasteiger charge is 2.07. The van der Waals surface area contributed by atoms with E-state index in [1.165, 1.54) is 12.0 Å². The van der Waals surface area contributed by atoms with Crippen molar-refractivity contribution in [3.05, 3.63) is 41.5 Å². The summed E-state index contributed by atoms with van der Waals surface area (Å²) in [6, 6.07) is 8.93. The van der Waals surface area contributed by atoms with Crippen LogP contribution in [0.1, 0.15) is 31.2 Å². The van der Waals surface area contributed by atoms with Crippen LogP contribution in [0, 0.1) is 11.3 Å². The molecule has 0 bridgehead atoms. The molecule has 20 heavy (non-hydrogen) atoms. The van der Waals surface area contributed by atoms with E-state index in [0.29, 0.717) is 17.9 Å². The van der Waals surface area contributed by atoms with Gasteiger partial charge in [0.1, 0.15) is 11.8 Å². The zero-order chi connectivity index (χ0) is 14.2. The predicted molar refractivity (Wildman–Crippen MR) is 76.2 cm³/mol. The zero-order valence-electron chi connectivity index (χ0n) is 11.4. The second-order valence-corrected chi connectivity index (χ2v) is 4.75. The van der Waals surface area contributed by atoms with Gasteiger partial charge in [0.15, 0.2) is 6.61 Å². The van der Waals surface area contributed by atoms with Gasteiger partial charge >= 0.3 is 0 Å². The first kappa shape index (κ1) is 14.1. The molecule has 0 fully saturated rings. The summed E-state index contributed by atoms with van der Waals surface area (Å²) in [5, 5.41) is 11.7. The summed E-state index contributed by atoms with van der Waals surface area (Å²) in [6.45, 7) is 0.589. The summed E-state index contributed by atoms with van der Waals surface area (Å²) >= 11 is 0. The molecule has 2 rings (SSSR count). The summed E-state index contributed by atoms with van der Waals surface area (Å²) in [4.78, 5) is 11.7. The van der Waals surface area contributed by atoms with Gasteiger partial charge in [0.05, 0.1) is 5.56 Å². The summed E-state index contributed by atoms with van der Waals surface area (Å²) in [5.74, 6) is 0.292. The Morgan fingerprint density at radius 2 is 2.25 bits per heavy atom. The maximum atomic E-state index is 11.7. The number of ether oxygens (including phenoxy) is 1. The average Bonchev–Trinajstić information content (AvgIpc) is 2.98. The van der Waals surface area contributed by atoms with Crippen molar-refractivity contribution < 1.29 is 9.53 Å². The fraction of sp³-hybridized carbons (Fsp3) is 0.375. The van der Waals surface area contributed by atoms with Crippen LogP contribution >= 0.6 is 0 Å². The number of carbonyl (C=O) groups is 1. The lowest BCUT2D eigenvalue weighted by Crippen LogP contribution is -2.29. The molecule has 0 saturated heterocycles. The van der Waals surface area contributed by atoms with Crippen molar-refractivity contribution in [2.75, 3.05) is 13.2 Å². The molecule has 1 aliphatic carbocycles. The molecule has 4 heteroatoms. The Balaban J connectivity index is 1.71. The number of nitrogens with one attached hydrogen (secondary N) is 1. The number of hydrogen-bond acceptors (Lipinski definition) is 3. The standard InChI is InChI=1S/C16H18N2O2/c17-11-14-7-3-4-8-15(14)20-12-16(19)18-10-9-13-5-1-2-6-13/h3-5,7-8H,1-2,6,9-10,12H2,(H,18,19). The van der Waals surface area contributed by atoms with Crippen molar-refractivity contribution in [3.63, 3.8) is 0 Å². The SMILES string of the molecule is N#Cc1ccccc1OCC(=O)NCCC1=CCCC1. The molecule has 104 valence electrons. The fourth-order valence-electron chi connectivity index (χ4n) is 2.21. The molecule has 0 spiro atoms. The molecule has 0 unspecified atom stereocenters. The van der Waals surface area contributed by atoms with Gasteiger partial charge in [-0.2, -0.15) is 5.26 Å². The number of benzene rings is 1. The van der Waals surface area contributed by atoms with Crippen LogP contribution in [-0.4, -0.2) is 19.1 Å². The second kappa shape index (κ2) is 7.34. The van der Waals surface area contributed by atoms with Crippen LogP contribution in [0.15, 0.2) is 35.9 Å². The maximum Gasteiger partial charge on any atom is 0.257 e.